The molecule has 9 heteroatoms. The van der Waals surface area contributed by atoms with Gasteiger partial charge in [-0.15, -0.1) is 36.2 Å². The standard InChI is InChI=1S/C18H24N4O2S.2ClH/c1-24-16-5-3-2-4-15(16)22-9-7-13(11-22)10-20-18(23)14-12-25-17(21-14)6-8-19;;/h2-5,12-13H,6-11,19H2,1H3,(H,20,23);2*1H. The Morgan fingerprint density at radius 1 is 1.41 bits per heavy atom. The van der Waals surface area contributed by atoms with Crippen molar-refractivity contribution < 1.29 is 9.53 Å². The Balaban J connectivity index is 0.00000182. The quantitative estimate of drug-likeness (QED) is 0.702. The number of carbonyl (C=O) groups is 1. The van der Waals surface area contributed by atoms with E-state index in [1.807, 2.05) is 18.2 Å². The summed E-state index contributed by atoms with van der Waals surface area (Å²) in [6.45, 7) is 3.10. The van der Waals surface area contributed by atoms with Gasteiger partial charge in [-0.1, -0.05) is 12.1 Å². The lowest BCUT2D eigenvalue weighted by Gasteiger charge is -2.21. The lowest BCUT2D eigenvalue weighted by molar-refractivity contribution is 0.0944. The van der Waals surface area contributed by atoms with Crippen molar-refractivity contribution in [3.63, 3.8) is 0 Å². The van der Waals surface area contributed by atoms with Gasteiger partial charge in [0.2, 0.25) is 0 Å². The summed E-state index contributed by atoms with van der Waals surface area (Å²) in [5.74, 6) is 1.22. The van der Waals surface area contributed by atoms with Crippen molar-refractivity contribution in [2.45, 2.75) is 12.8 Å². The van der Waals surface area contributed by atoms with E-state index in [2.05, 4.69) is 21.3 Å². The first-order chi connectivity index (χ1) is 12.2. The van der Waals surface area contributed by atoms with Gasteiger partial charge in [-0.2, -0.15) is 0 Å². The number of aromatic nitrogens is 1. The zero-order valence-corrected chi connectivity index (χ0v) is 17.7. The number of benzene rings is 1. The third-order valence-electron chi connectivity index (χ3n) is 4.41. The molecular formula is C18H26Cl2N4O2S. The first-order valence-electron chi connectivity index (χ1n) is 8.52. The maximum Gasteiger partial charge on any atom is 0.270 e. The highest BCUT2D eigenvalue weighted by atomic mass is 35.5. The second-order valence-corrected chi connectivity index (χ2v) is 7.09. The normalized spacial score (nSPS) is 15.6. The summed E-state index contributed by atoms with van der Waals surface area (Å²) >= 11 is 1.49. The van der Waals surface area contributed by atoms with Crippen molar-refractivity contribution in [3.05, 3.63) is 40.3 Å². The van der Waals surface area contributed by atoms with Crippen molar-refractivity contribution >= 4 is 47.7 Å². The van der Waals surface area contributed by atoms with E-state index in [-0.39, 0.29) is 30.7 Å². The van der Waals surface area contributed by atoms with E-state index in [1.165, 1.54) is 11.3 Å². The highest BCUT2D eigenvalue weighted by Gasteiger charge is 2.25. The van der Waals surface area contributed by atoms with Crippen LogP contribution in [0.1, 0.15) is 21.9 Å². The molecule has 1 atom stereocenters. The fourth-order valence-corrected chi connectivity index (χ4v) is 3.88. The van der Waals surface area contributed by atoms with Gasteiger partial charge >= 0.3 is 0 Å². The average Bonchev–Trinajstić information content (AvgIpc) is 3.29. The van der Waals surface area contributed by atoms with Crippen LogP contribution in [0.15, 0.2) is 29.6 Å². The van der Waals surface area contributed by atoms with Gasteiger partial charge in [-0.25, -0.2) is 4.98 Å². The zero-order valence-electron chi connectivity index (χ0n) is 15.2. The fourth-order valence-electron chi connectivity index (χ4n) is 3.09. The van der Waals surface area contributed by atoms with Crippen molar-refractivity contribution in [3.8, 4) is 5.75 Å². The molecule has 1 unspecified atom stereocenters. The second-order valence-electron chi connectivity index (χ2n) is 6.15. The Morgan fingerprint density at radius 2 is 2.19 bits per heavy atom. The Kier molecular flexibility index (Phi) is 9.87. The predicted octanol–water partition coefficient (Wildman–Crippen LogP) is 2.75. The van der Waals surface area contributed by atoms with Gasteiger partial charge in [0.1, 0.15) is 11.4 Å². The van der Waals surface area contributed by atoms with Crippen LogP contribution in [0.2, 0.25) is 0 Å². The van der Waals surface area contributed by atoms with E-state index in [0.29, 0.717) is 31.1 Å². The highest BCUT2D eigenvalue weighted by molar-refractivity contribution is 7.09. The number of hydrogen-bond donors (Lipinski definition) is 2. The lowest BCUT2D eigenvalue weighted by Crippen LogP contribution is -2.31. The number of halogens is 2. The molecular weight excluding hydrogens is 407 g/mol. The third kappa shape index (κ3) is 5.97. The van der Waals surface area contributed by atoms with Crippen LogP contribution in [-0.2, 0) is 6.42 Å². The largest absolute Gasteiger partial charge is 0.495 e. The van der Waals surface area contributed by atoms with Gasteiger partial charge < -0.3 is 20.7 Å². The number of anilines is 1. The number of nitrogens with zero attached hydrogens (tertiary/aromatic N) is 2. The smallest absolute Gasteiger partial charge is 0.270 e. The second kappa shape index (κ2) is 11.3. The monoisotopic (exact) mass is 432 g/mol. The van der Waals surface area contributed by atoms with Gasteiger partial charge in [-0.05, 0) is 31.0 Å². The molecule has 1 aliphatic rings. The van der Waals surface area contributed by atoms with Crippen LogP contribution in [0.25, 0.3) is 0 Å². The van der Waals surface area contributed by atoms with Crippen LogP contribution in [0.3, 0.4) is 0 Å². The van der Waals surface area contributed by atoms with Crippen molar-refractivity contribution in [2.75, 3.05) is 38.2 Å². The fraction of sp³-hybridized carbons (Fsp3) is 0.444. The van der Waals surface area contributed by atoms with Gasteiger partial charge in [0.25, 0.3) is 5.91 Å². The Labute approximate surface area is 176 Å². The van der Waals surface area contributed by atoms with E-state index >= 15 is 0 Å². The van der Waals surface area contributed by atoms with Gasteiger partial charge in [-0.3, -0.25) is 4.79 Å². The minimum atomic E-state index is -0.102. The topological polar surface area (TPSA) is 80.5 Å². The molecule has 0 aliphatic carbocycles. The summed E-state index contributed by atoms with van der Waals surface area (Å²) in [6.07, 6.45) is 1.77. The molecule has 0 spiro atoms. The molecule has 6 nitrogen and oxygen atoms in total. The van der Waals surface area contributed by atoms with Crippen LogP contribution < -0.4 is 20.7 Å². The van der Waals surface area contributed by atoms with E-state index in [4.69, 9.17) is 10.5 Å². The summed E-state index contributed by atoms with van der Waals surface area (Å²) in [6, 6.07) is 8.05. The predicted molar refractivity (Wildman–Crippen MR) is 115 cm³/mol. The molecule has 1 aliphatic heterocycles. The summed E-state index contributed by atoms with van der Waals surface area (Å²) in [4.78, 5) is 18.9. The first-order valence-corrected chi connectivity index (χ1v) is 9.40. The van der Waals surface area contributed by atoms with Gasteiger partial charge in [0.15, 0.2) is 0 Å². The molecule has 1 saturated heterocycles. The van der Waals surface area contributed by atoms with Crippen LogP contribution >= 0.6 is 36.2 Å². The molecule has 1 amide bonds. The number of rotatable bonds is 7. The van der Waals surface area contributed by atoms with Crippen LogP contribution in [0.5, 0.6) is 5.75 Å². The summed E-state index contributed by atoms with van der Waals surface area (Å²) < 4.78 is 5.44. The minimum absolute atomic E-state index is 0. The highest BCUT2D eigenvalue weighted by Crippen LogP contribution is 2.31. The maximum atomic E-state index is 12.2. The first kappa shape index (κ1) is 23.5. The summed E-state index contributed by atoms with van der Waals surface area (Å²) in [5.41, 5.74) is 7.13. The molecule has 0 saturated carbocycles. The number of nitrogens with one attached hydrogen (secondary N) is 1. The number of methoxy groups -OCH3 is 1. The Hall–Kier alpha value is -1.54. The molecule has 27 heavy (non-hydrogen) atoms. The Morgan fingerprint density at radius 3 is 2.93 bits per heavy atom. The number of thiazole rings is 1. The summed E-state index contributed by atoms with van der Waals surface area (Å²) in [5, 5.41) is 5.73. The molecule has 1 aromatic carbocycles. The summed E-state index contributed by atoms with van der Waals surface area (Å²) in [7, 11) is 1.69. The van der Waals surface area contributed by atoms with Crippen molar-refractivity contribution in [2.24, 2.45) is 11.7 Å². The molecule has 1 aromatic heterocycles. The van der Waals surface area contributed by atoms with Crippen LogP contribution in [-0.4, -0.2) is 44.2 Å². The lowest BCUT2D eigenvalue weighted by atomic mass is 10.1. The maximum absolute atomic E-state index is 12.2. The van der Waals surface area contributed by atoms with Crippen molar-refractivity contribution in [1.82, 2.24) is 10.3 Å². The Bertz CT molecular complexity index is 729. The molecule has 0 bridgehead atoms. The molecule has 2 aromatic rings. The number of hydrogen-bond acceptors (Lipinski definition) is 6. The number of para-hydroxylation sites is 2. The van der Waals surface area contributed by atoms with Gasteiger partial charge in [0.05, 0.1) is 17.8 Å². The van der Waals surface area contributed by atoms with E-state index in [0.717, 1.165) is 36.0 Å². The molecule has 1 fully saturated rings. The number of carbonyl (C=O) groups excluding carboxylic acids is 1. The molecule has 150 valence electrons. The minimum Gasteiger partial charge on any atom is -0.495 e. The molecule has 0 radical (unpaired) electrons. The van der Waals surface area contributed by atoms with E-state index in [9.17, 15) is 4.79 Å². The SMILES string of the molecule is COc1ccccc1N1CCC(CNC(=O)c2csc(CCN)n2)C1.Cl.Cl. The van der Waals surface area contributed by atoms with Crippen molar-refractivity contribution in [1.29, 1.82) is 0 Å². The number of ether oxygens (including phenoxy) is 1. The number of nitrogens with two attached hydrogens (primary N) is 1. The zero-order chi connectivity index (χ0) is 17.6. The van der Waals surface area contributed by atoms with Crippen LogP contribution in [0, 0.1) is 5.92 Å². The molecule has 2 heterocycles. The van der Waals surface area contributed by atoms with E-state index < -0.39 is 0 Å². The van der Waals surface area contributed by atoms with E-state index in [1.54, 1.807) is 12.5 Å². The third-order valence-corrected chi connectivity index (χ3v) is 5.31. The molecule has 3 N–H and O–H groups in total. The average molecular weight is 433 g/mol. The van der Waals surface area contributed by atoms with Crippen LogP contribution in [0.4, 0.5) is 5.69 Å². The van der Waals surface area contributed by atoms with Gasteiger partial charge in [0, 0.05) is 31.4 Å². The number of amides is 1. The molecule has 3 rings (SSSR count).